The Labute approximate surface area is 168 Å². The Morgan fingerprint density at radius 1 is 1.07 bits per heavy atom. The number of hydrogen-bond donors (Lipinski definition) is 1. The molecule has 3 aromatic heterocycles. The molecule has 1 saturated carbocycles. The van der Waals surface area contributed by atoms with Gasteiger partial charge in [0.2, 0.25) is 5.95 Å². The first-order valence-corrected chi connectivity index (χ1v) is 10.8. The van der Waals surface area contributed by atoms with E-state index in [1.807, 2.05) is 23.6 Å². The minimum absolute atomic E-state index is 0.557. The fraction of sp³-hybridized carbons (Fsp3) is 0.500. The molecule has 0 bridgehead atoms. The number of hydrogen-bond acceptors (Lipinski definition) is 7. The Morgan fingerprint density at radius 2 is 1.86 bits per heavy atom. The van der Waals surface area contributed by atoms with Crippen molar-refractivity contribution in [3.8, 4) is 0 Å². The molecule has 1 aliphatic carbocycles. The Balaban J connectivity index is 1.43. The first kappa shape index (κ1) is 17.7. The van der Waals surface area contributed by atoms with Gasteiger partial charge in [-0.25, -0.2) is 14.4 Å². The van der Waals surface area contributed by atoms with E-state index in [0.29, 0.717) is 11.2 Å². The molecule has 2 aliphatic rings. The van der Waals surface area contributed by atoms with Crippen molar-refractivity contribution in [3.63, 3.8) is 0 Å². The summed E-state index contributed by atoms with van der Waals surface area (Å²) in [5.41, 5.74) is 8.37. The predicted molar refractivity (Wildman–Crippen MR) is 111 cm³/mol. The molecular formula is C20H25N7S. The molecule has 4 heterocycles. The largest absolute Gasteiger partial charge is 0.383 e. The number of piperidine rings is 1. The quantitative estimate of drug-likeness (QED) is 0.723. The first-order valence-electron chi connectivity index (χ1n) is 9.98. The van der Waals surface area contributed by atoms with Crippen LogP contribution >= 0.6 is 11.8 Å². The van der Waals surface area contributed by atoms with Crippen molar-refractivity contribution in [1.29, 1.82) is 0 Å². The van der Waals surface area contributed by atoms with E-state index in [1.54, 1.807) is 24.3 Å². The average Bonchev–Trinajstić information content (AvgIpc) is 3.37. The summed E-state index contributed by atoms with van der Waals surface area (Å²) >= 11 is 1.61. The first-order chi connectivity index (χ1) is 13.7. The number of nitrogen functional groups attached to an aromatic ring is 1. The maximum absolute atomic E-state index is 5.96. The van der Waals surface area contributed by atoms with Gasteiger partial charge in [-0.3, -0.25) is 0 Å². The number of anilines is 2. The highest BCUT2D eigenvalue weighted by molar-refractivity contribution is 7.99. The molecule has 1 aliphatic heterocycles. The molecule has 0 unspecified atom stereocenters. The van der Waals surface area contributed by atoms with Gasteiger partial charge in [-0.2, -0.15) is 0 Å². The highest BCUT2D eigenvalue weighted by atomic mass is 32.2. The molecule has 146 valence electrons. The van der Waals surface area contributed by atoms with Crippen LogP contribution in [0.2, 0.25) is 0 Å². The van der Waals surface area contributed by atoms with Crippen molar-refractivity contribution >= 4 is 29.2 Å². The van der Waals surface area contributed by atoms with Gasteiger partial charge in [-0.1, -0.05) is 24.6 Å². The molecule has 5 rings (SSSR count). The topological polar surface area (TPSA) is 85.2 Å². The highest BCUT2D eigenvalue weighted by Gasteiger charge is 2.37. The standard InChI is InChI=1S/C20H25N7S/c1-14-15(4-9-22-17(14)21)28-16-12-23-19(27-13-24-25-18(16)27)26-10-7-20(8-11-26)5-2-3-6-20/h4,9,12-13H,2-3,5-8,10-11H2,1H3,(H2,21,22). The molecule has 1 saturated heterocycles. The van der Waals surface area contributed by atoms with Crippen molar-refractivity contribution < 1.29 is 0 Å². The van der Waals surface area contributed by atoms with Gasteiger partial charge in [0, 0.05) is 35.9 Å². The number of pyridine rings is 1. The molecule has 0 amide bonds. The van der Waals surface area contributed by atoms with E-state index in [1.165, 1.54) is 38.5 Å². The van der Waals surface area contributed by atoms with Gasteiger partial charge in [0.05, 0.1) is 4.90 Å². The summed E-state index contributed by atoms with van der Waals surface area (Å²) in [5.74, 6) is 1.50. The van der Waals surface area contributed by atoms with Gasteiger partial charge < -0.3 is 10.6 Å². The third-order valence-corrected chi connectivity index (χ3v) is 7.64. The zero-order valence-electron chi connectivity index (χ0n) is 16.1. The van der Waals surface area contributed by atoms with Crippen LogP contribution < -0.4 is 10.6 Å². The summed E-state index contributed by atoms with van der Waals surface area (Å²) in [6.07, 6.45) is 13.6. The van der Waals surface area contributed by atoms with Crippen LogP contribution in [-0.2, 0) is 0 Å². The van der Waals surface area contributed by atoms with Gasteiger partial charge in [0.25, 0.3) is 0 Å². The molecule has 2 fully saturated rings. The summed E-state index contributed by atoms with van der Waals surface area (Å²) in [7, 11) is 0. The van der Waals surface area contributed by atoms with Crippen molar-refractivity contribution in [2.45, 2.75) is 55.2 Å². The Kier molecular flexibility index (Phi) is 4.38. The van der Waals surface area contributed by atoms with Gasteiger partial charge >= 0.3 is 0 Å². The molecular weight excluding hydrogens is 370 g/mol. The van der Waals surface area contributed by atoms with Crippen LogP contribution in [0.15, 0.2) is 34.6 Å². The lowest BCUT2D eigenvalue weighted by Gasteiger charge is -2.39. The second-order valence-electron chi connectivity index (χ2n) is 8.06. The summed E-state index contributed by atoms with van der Waals surface area (Å²) < 4.78 is 2.02. The molecule has 3 aromatic rings. The van der Waals surface area contributed by atoms with Crippen LogP contribution in [0, 0.1) is 12.3 Å². The maximum atomic E-state index is 5.96. The summed E-state index contributed by atoms with van der Waals surface area (Å²) in [6.45, 7) is 4.11. The fourth-order valence-electron chi connectivity index (χ4n) is 4.66. The van der Waals surface area contributed by atoms with Crippen LogP contribution in [0.3, 0.4) is 0 Å². The van der Waals surface area contributed by atoms with Crippen molar-refractivity contribution in [3.05, 3.63) is 30.4 Å². The molecule has 8 heteroatoms. The minimum Gasteiger partial charge on any atom is -0.383 e. The Morgan fingerprint density at radius 3 is 2.64 bits per heavy atom. The fourth-order valence-corrected chi connectivity index (χ4v) is 5.62. The molecule has 1 spiro atoms. The van der Waals surface area contributed by atoms with E-state index >= 15 is 0 Å². The zero-order chi connectivity index (χ0) is 19.1. The molecule has 0 atom stereocenters. The second kappa shape index (κ2) is 6.92. The van der Waals surface area contributed by atoms with Crippen LogP contribution in [-0.4, -0.2) is 37.7 Å². The minimum atomic E-state index is 0.557. The molecule has 2 N–H and O–H groups in total. The third-order valence-electron chi connectivity index (χ3n) is 6.47. The third kappa shape index (κ3) is 2.99. The highest BCUT2D eigenvalue weighted by Crippen LogP contribution is 2.46. The SMILES string of the molecule is Cc1c(Sc2cnc(N3CCC4(CCCC4)CC3)n3cnnc23)ccnc1N. The smallest absolute Gasteiger partial charge is 0.212 e. The van der Waals surface area contributed by atoms with Crippen molar-refractivity contribution in [1.82, 2.24) is 24.6 Å². The van der Waals surface area contributed by atoms with Crippen LogP contribution in [0.4, 0.5) is 11.8 Å². The van der Waals surface area contributed by atoms with E-state index < -0.39 is 0 Å². The predicted octanol–water partition coefficient (Wildman–Crippen LogP) is 3.72. The van der Waals surface area contributed by atoms with Crippen LogP contribution in [0.25, 0.3) is 5.65 Å². The Bertz CT molecular complexity index is 999. The van der Waals surface area contributed by atoms with Crippen LogP contribution in [0.5, 0.6) is 0 Å². The zero-order valence-corrected chi connectivity index (χ0v) is 17.0. The number of nitrogens with zero attached hydrogens (tertiary/aromatic N) is 6. The van der Waals surface area contributed by atoms with E-state index in [-0.39, 0.29) is 0 Å². The lowest BCUT2D eigenvalue weighted by molar-refractivity contribution is 0.225. The van der Waals surface area contributed by atoms with E-state index in [4.69, 9.17) is 10.7 Å². The van der Waals surface area contributed by atoms with E-state index in [2.05, 4.69) is 20.1 Å². The van der Waals surface area contributed by atoms with Gasteiger partial charge in [0.15, 0.2) is 5.65 Å². The normalized spacial score (nSPS) is 19.0. The van der Waals surface area contributed by atoms with Crippen molar-refractivity contribution in [2.24, 2.45) is 5.41 Å². The van der Waals surface area contributed by atoms with Gasteiger partial charge in [-0.05, 0) is 44.1 Å². The number of aromatic nitrogens is 5. The molecule has 7 nitrogen and oxygen atoms in total. The van der Waals surface area contributed by atoms with Crippen LogP contribution in [0.1, 0.15) is 44.1 Å². The average molecular weight is 396 g/mol. The van der Waals surface area contributed by atoms with Gasteiger partial charge in [0.1, 0.15) is 12.1 Å². The lowest BCUT2D eigenvalue weighted by Crippen LogP contribution is -2.40. The number of fused-ring (bicyclic) bond motifs is 1. The maximum Gasteiger partial charge on any atom is 0.212 e. The number of nitrogens with two attached hydrogens (primary N) is 1. The second-order valence-corrected chi connectivity index (χ2v) is 9.15. The summed E-state index contributed by atoms with van der Waals surface area (Å²) in [6, 6.07) is 1.98. The van der Waals surface area contributed by atoms with Crippen molar-refractivity contribution in [2.75, 3.05) is 23.7 Å². The van der Waals surface area contributed by atoms with E-state index in [9.17, 15) is 0 Å². The summed E-state index contributed by atoms with van der Waals surface area (Å²) in [5, 5.41) is 8.54. The Hall–Kier alpha value is -2.35. The molecule has 0 aromatic carbocycles. The van der Waals surface area contributed by atoms with Gasteiger partial charge in [-0.15, -0.1) is 10.2 Å². The monoisotopic (exact) mass is 395 g/mol. The lowest BCUT2D eigenvalue weighted by atomic mass is 9.77. The van der Waals surface area contributed by atoms with E-state index in [0.717, 1.165) is 40.0 Å². The summed E-state index contributed by atoms with van der Waals surface area (Å²) in [4.78, 5) is 13.4. The number of rotatable bonds is 3. The molecule has 0 radical (unpaired) electrons. The molecule has 28 heavy (non-hydrogen) atoms.